The van der Waals surface area contributed by atoms with Crippen LogP contribution in [0.5, 0.6) is 5.75 Å². The molecule has 1 N–H and O–H groups in total. The molecule has 2 amide bonds. The van der Waals surface area contributed by atoms with Crippen LogP contribution in [0.1, 0.15) is 30.5 Å². The van der Waals surface area contributed by atoms with Crippen LogP contribution in [0, 0.1) is 13.8 Å². The van der Waals surface area contributed by atoms with E-state index in [9.17, 15) is 18.0 Å². The number of anilines is 1. The van der Waals surface area contributed by atoms with Gasteiger partial charge in [-0.25, -0.2) is 8.42 Å². The summed E-state index contributed by atoms with van der Waals surface area (Å²) in [5, 5.41) is 2.58. The van der Waals surface area contributed by atoms with Gasteiger partial charge in [0.2, 0.25) is 11.8 Å². The average Bonchev–Trinajstić information content (AvgIpc) is 2.91. The van der Waals surface area contributed by atoms with Gasteiger partial charge in [0.25, 0.3) is 10.0 Å². The van der Waals surface area contributed by atoms with Crippen LogP contribution in [0.25, 0.3) is 0 Å². The maximum absolute atomic E-state index is 13.8. The number of amides is 2. The lowest BCUT2D eigenvalue weighted by molar-refractivity contribution is -0.139. The Kier molecular flexibility index (Phi) is 9.52. The fraction of sp³-hybridized carbons (Fsp3) is 0.310. The largest absolute Gasteiger partial charge is 0.494 e. The van der Waals surface area contributed by atoms with E-state index in [-0.39, 0.29) is 17.3 Å². The monoisotopic (exact) mass is 537 g/mol. The summed E-state index contributed by atoms with van der Waals surface area (Å²) in [5.74, 6) is -0.299. The second kappa shape index (κ2) is 12.6. The Morgan fingerprint density at radius 2 is 1.45 bits per heavy atom. The van der Waals surface area contributed by atoms with Crippen molar-refractivity contribution in [3.05, 3.63) is 89.5 Å². The van der Waals surface area contributed by atoms with E-state index in [1.165, 1.54) is 24.1 Å². The standard InChI is InChI=1S/C29H35N3O5S/c1-6-37-26-15-17-27(18-16-26)38(35,36)32(25-13-9-22(3)10-14-25)20-28(33)31(23(4)29(34)30-5)19-24-11-7-21(2)8-12-24/h7-18,23H,6,19-20H2,1-5H3,(H,30,34)/t23-/m1/s1. The molecule has 0 spiro atoms. The Labute approximate surface area is 225 Å². The van der Waals surface area contributed by atoms with Crippen LogP contribution in [0.15, 0.2) is 77.7 Å². The van der Waals surface area contributed by atoms with Crippen LogP contribution < -0.4 is 14.4 Å². The van der Waals surface area contributed by atoms with Crippen LogP contribution in [0.3, 0.4) is 0 Å². The van der Waals surface area contributed by atoms with Gasteiger partial charge in [0.05, 0.1) is 17.2 Å². The lowest BCUT2D eigenvalue weighted by Gasteiger charge is -2.31. The molecule has 0 fully saturated rings. The molecule has 0 aromatic heterocycles. The Morgan fingerprint density at radius 3 is 1.97 bits per heavy atom. The molecule has 0 bridgehead atoms. The molecule has 3 rings (SSSR count). The predicted molar refractivity (Wildman–Crippen MR) is 149 cm³/mol. The van der Waals surface area contributed by atoms with Gasteiger partial charge in [-0.15, -0.1) is 0 Å². The molecule has 0 aliphatic heterocycles. The summed E-state index contributed by atoms with van der Waals surface area (Å²) in [6, 6.07) is 19.8. The number of rotatable bonds is 11. The van der Waals surface area contributed by atoms with Gasteiger partial charge < -0.3 is 15.0 Å². The molecule has 3 aromatic carbocycles. The number of ether oxygens (including phenoxy) is 1. The van der Waals surface area contributed by atoms with Gasteiger partial charge in [0.15, 0.2) is 0 Å². The van der Waals surface area contributed by atoms with Crippen molar-refractivity contribution >= 4 is 27.5 Å². The van der Waals surface area contributed by atoms with Crippen molar-refractivity contribution in [3.8, 4) is 5.75 Å². The molecule has 0 unspecified atom stereocenters. The van der Waals surface area contributed by atoms with Crippen molar-refractivity contribution in [1.29, 1.82) is 0 Å². The van der Waals surface area contributed by atoms with Gasteiger partial charge in [-0.3, -0.25) is 13.9 Å². The van der Waals surface area contributed by atoms with Crippen LogP contribution in [0.2, 0.25) is 0 Å². The van der Waals surface area contributed by atoms with Crippen molar-refractivity contribution in [2.24, 2.45) is 0 Å². The molecule has 0 aliphatic rings. The van der Waals surface area contributed by atoms with E-state index in [4.69, 9.17) is 4.74 Å². The zero-order valence-electron chi connectivity index (χ0n) is 22.5. The molecule has 8 nitrogen and oxygen atoms in total. The third-order valence-electron chi connectivity index (χ3n) is 6.21. The minimum atomic E-state index is -4.13. The zero-order valence-corrected chi connectivity index (χ0v) is 23.3. The van der Waals surface area contributed by atoms with E-state index in [1.807, 2.05) is 45.0 Å². The van der Waals surface area contributed by atoms with Gasteiger partial charge in [-0.1, -0.05) is 47.5 Å². The van der Waals surface area contributed by atoms with Crippen LogP contribution >= 0.6 is 0 Å². The molecule has 202 valence electrons. The molecule has 9 heteroatoms. The van der Waals surface area contributed by atoms with Gasteiger partial charge in [-0.2, -0.15) is 0 Å². The number of nitrogens with zero attached hydrogens (tertiary/aromatic N) is 2. The molecule has 0 radical (unpaired) electrons. The summed E-state index contributed by atoms with van der Waals surface area (Å²) in [7, 11) is -2.63. The highest BCUT2D eigenvalue weighted by Crippen LogP contribution is 2.26. The summed E-state index contributed by atoms with van der Waals surface area (Å²) in [5.41, 5.74) is 3.20. The first-order valence-corrected chi connectivity index (χ1v) is 13.9. The highest BCUT2D eigenvalue weighted by molar-refractivity contribution is 7.92. The lowest BCUT2D eigenvalue weighted by Crippen LogP contribution is -2.50. The Hall–Kier alpha value is -3.85. The second-order valence-corrected chi connectivity index (χ2v) is 10.9. The van der Waals surface area contributed by atoms with Crippen LogP contribution in [-0.4, -0.2) is 51.4 Å². The number of carbonyl (C=O) groups excluding carboxylic acids is 2. The molecule has 0 heterocycles. The molecule has 0 aliphatic carbocycles. The Bertz CT molecular complexity index is 1340. The minimum Gasteiger partial charge on any atom is -0.494 e. The fourth-order valence-corrected chi connectivity index (χ4v) is 5.34. The average molecular weight is 538 g/mol. The van der Waals surface area contributed by atoms with E-state index in [0.29, 0.717) is 18.0 Å². The molecular weight excluding hydrogens is 502 g/mol. The predicted octanol–water partition coefficient (Wildman–Crippen LogP) is 4.06. The number of benzene rings is 3. The minimum absolute atomic E-state index is 0.0266. The first-order chi connectivity index (χ1) is 18.1. The summed E-state index contributed by atoms with van der Waals surface area (Å²) in [4.78, 5) is 27.7. The molecule has 0 saturated carbocycles. The van der Waals surface area contributed by atoms with E-state index in [0.717, 1.165) is 21.0 Å². The Balaban J connectivity index is 2.00. The van der Waals surface area contributed by atoms with Crippen molar-refractivity contribution < 1.29 is 22.7 Å². The van der Waals surface area contributed by atoms with E-state index in [1.54, 1.807) is 43.3 Å². The topological polar surface area (TPSA) is 96.0 Å². The number of hydrogen-bond donors (Lipinski definition) is 1. The molecule has 3 aromatic rings. The highest BCUT2D eigenvalue weighted by Gasteiger charge is 2.32. The van der Waals surface area contributed by atoms with Gasteiger partial charge in [0, 0.05) is 13.6 Å². The normalized spacial score (nSPS) is 11.9. The van der Waals surface area contributed by atoms with Crippen molar-refractivity contribution in [3.63, 3.8) is 0 Å². The van der Waals surface area contributed by atoms with E-state index >= 15 is 0 Å². The van der Waals surface area contributed by atoms with Crippen molar-refractivity contribution in [2.45, 2.75) is 45.2 Å². The second-order valence-electron chi connectivity index (χ2n) is 9.05. The maximum Gasteiger partial charge on any atom is 0.264 e. The molecule has 0 saturated heterocycles. The number of likely N-dealkylation sites (N-methyl/N-ethyl adjacent to an activating group) is 1. The molecule has 38 heavy (non-hydrogen) atoms. The zero-order chi connectivity index (χ0) is 27.9. The molecular formula is C29H35N3O5S. The Morgan fingerprint density at radius 1 is 0.895 bits per heavy atom. The number of sulfonamides is 1. The smallest absolute Gasteiger partial charge is 0.264 e. The SMILES string of the molecule is CCOc1ccc(S(=O)(=O)N(CC(=O)N(Cc2ccc(C)cc2)[C@H](C)C(=O)NC)c2ccc(C)cc2)cc1. The highest BCUT2D eigenvalue weighted by atomic mass is 32.2. The fourth-order valence-electron chi connectivity index (χ4n) is 3.92. The summed E-state index contributed by atoms with van der Waals surface area (Å²) >= 11 is 0. The third-order valence-corrected chi connectivity index (χ3v) is 8.00. The number of nitrogens with one attached hydrogen (secondary N) is 1. The van der Waals surface area contributed by atoms with E-state index < -0.39 is 28.5 Å². The quantitative estimate of drug-likeness (QED) is 0.398. The van der Waals surface area contributed by atoms with Crippen LogP contribution in [-0.2, 0) is 26.2 Å². The van der Waals surface area contributed by atoms with Gasteiger partial charge in [-0.05, 0) is 69.7 Å². The molecule has 1 atom stereocenters. The van der Waals surface area contributed by atoms with Crippen molar-refractivity contribution in [1.82, 2.24) is 10.2 Å². The summed E-state index contributed by atoms with van der Waals surface area (Å²) in [6.45, 7) is 7.46. The summed E-state index contributed by atoms with van der Waals surface area (Å²) in [6.07, 6.45) is 0. The summed E-state index contributed by atoms with van der Waals surface area (Å²) < 4.78 is 34.2. The van der Waals surface area contributed by atoms with Crippen molar-refractivity contribution in [2.75, 3.05) is 24.5 Å². The van der Waals surface area contributed by atoms with Gasteiger partial charge in [0.1, 0.15) is 18.3 Å². The number of aryl methyl sites for hydroxylation is 2. The lowest BCUT2D eigenvalue weighted by atomic mass is 10.1. The van der Waals surface area contributed by atoms with Gasteiger partial charge >= 0.3 is 0 Å². The first-order valence-electron chi connectivity index (χ1n) is 12.5. The van der Waals surface area contributed by atoms with Crippen LogP contribution in [0.4, 0.5) is 5.69 Å². The number of hydrogen-bond acceptors (Lipinski definition) is 5. The third kappa shape index (κ3) is 6.92. The van der Waals surface area contributed by atoms with E-state index in [2.05, 4.69) is 5.32 Å². The first kappa shape index (κ1) is 28.7. The maximum atomic E-state index is 13.8. The number of carbonyl (C=O) groups is 2.